The van der Waals surface area contributed by atoms with Crippen molar-refractivity contribution in [1.82, 2.24) is 0 Å². The average Bonchev–Trinajstić information content (AvgIpc) is 2.03. The lowest BCUT2D eigenvalue weighted by atomic mass is 10.1. The van der Waals surface area contributed by atoms with E-state index in [-0.39, 0.29) is 18.6 Å². The van der Waals surface area contributed by atoms with E-state index in [9.17, 15) is 9.59 Å². The van der Waals surface area contributed by atoms with Crippen molar-refractivity contribution in [2.75, 3.05) is 0 Å². The molecule has 1 atom stereocenters. The fourth-order valence-electron chi connectivity index (χ4n) is 0.482. The Morgan fingerprint density at radius 1 is 1.42 bits per heavy atom. The molecule has 0 aromatic carbocycles. The van der Waals surface area contributed by atoms with E-state index in [0.717, 1.165) is 0 Å². The summed E-state index contributed by atoms with van der Waals surface area (Å²) < 4.78 is 0. The van der Waals surface area contributed by atoms with Gasteiger partial charge in [0.25, 0.3) is 0 Å². The van der Waals surface area contributed by atoms with Gasteiger partial charge in [-0.15, -0.1) is 0 Å². The van der Waals surface area contributed by atoms with E-state index in [0.29, 0.717) is 0 Å². The van der Waals surface area contributed by atoms with Crippen LogP contribution in [0.2, 0.25) is 0 Å². The normalized spacial score (nSPS) is 11.0. The molecule has 12 heavy (non-hydrogen) atoms. The number of rotatable bonds is 4. The molecule has 4 nitrogen and oxygen atoms in total. The fourth-order valence-corrected chi connectivity index (χ4v) is 0.482. The van der Waals surface area contributed by atoms with Crippen LogP contribution in [0.1, 0.15) is 33.6 Å². The van der Waals surface area contributed by atoms with Gasteiger partial charge in [-0.1, -0.05) is 13.8 Å². The Morgan fingerprint density at radius 3 is 2.08 bits per heavy atom. The van der Waals surface area contributed by atoms with Crippen molar-refractivity contribution in [2.24, 2.45) is 5.73 Å². The van der Waals surface area contributed by atoms with Gasteiger partial charge in [0, 0.05) is 6.42 Å². The van der Waals surface area contributed by atoms with Crippen LogP contribution >= 0.6 is 0 Å². The van der Waals surface area contributed by atoms with Crippen LogP contribution in [-0.2, 0) is 9.59 Å². The Morgan fingerprint density at radius 2 is 1.83 bits per heavy atom. The first-order valence-electron chi connectivity index (χ1n) is 4.02. The summed E-state index contributed by atoms with van der Waals surface area (Å²) >= 11 is 0. The van der Waals surface area contributed by atoms with Crippen LogP contribution in [0.3, 0.4) is 0 Å². The predicted molar refractivity (Wildman–Crippen MR) is 46.9 cm³/mol. The molecule has 0 radical (unpaired) electrons. The molecule has 0 saturated carbocycles. The number of Topliss-reactive ketones (excluding diaryl/α,β-unsaturated/α-hetero) is 1. The molecule has 0 aromatic rings. The smallest absolute Gasteiger partial charge is 0.320 e. The fraction of sp³-hybridized carbons (Fsp3) is 0.750. The summed E-state index contributed by atoms with van der Waals surface area (Å²) in [5.41, 5.74) is 5.11. The highest BCUT2D eigenvalue weighted by Gasteiger charge is 2.10. The van der Waals surface area contributed by atoms with Crippen molar-refractivity contribution in [3.8, 4) is 0 Å². The van der Waals surface area contributed by atoms with Gasteiger partial charge in [0.1, 0.15) is 11.8 Å². The largest absolute Gasteiger partial charge is 0.480 e. The Hall–Kier alpha value is -0.900. The maximum atomic E-state index is 10.3. The van der Waals surface area contributed by atoms with Crippen molar-refractivity contribution in [1.29, 1.82) is 0 Å². The molecule has 0 aliphatic rings. The van der Waals surface area contributed by atoms with Crippen molar-refractivity contribution < 1.29 is 14.7 Å². The van der Waals surface area contributed by atoms with Gasteiger partial charge in [-0.25, -0.2) is 0 Å². The van der Waals surface area contributed by atoms with Crippen LogP contribution in [-0.4, -0.2) is 22.9 Å². The van der Waals surface area contributed by atoms with Gasteiger partial charge in [-0.3, -0.25) is 4.79 Å². The maximum Gasteiger partial charge on any atom is 0.320 e. The van der Waals surface area contributed by atoms with Crippen LogP contribution in [0.15, 0.2) is 0 Å². The third-order valence-corrected chi connectivity index (χ3v) is 1.12. The van der Waals surface area contributed by atoms with Crippen LogP contribution in [0.4, 0.5) is 0 Å². The molecule has 0 bridgehead atoms. The minimum atomic E-state index is -1.05. The minimum absolute atomic E-state index is 0.0308. The second-order valence-corrected chi connectivity index (χ2v) is 2.19. The second-order valence-electron chi connectivity index (χ2n) is 2.19. The van der Waals surface area contributed by atoms with Gasteiger partial charge in [0.15, 0.2) is 0 Å². The first kappa shape index (κ1) is 13.7. The van der Waals surface area contributed by atoms with Gasteiger partial charge in [-0.2, -0.15) is 0 Å². The molecule has 0 aromatic heterocycles. The van der Waals surface area contributed by atoms with Gasteiger partial charge >= 0.3 is 5.97 Å². The van der Waals surface area contributed by atoms with E-state index in [1.165, 1.54) is 6.92 Å². The number of hydrogen-bond donors (Lipinski definition) is 2. The molecule has 72 valence electrons. The summed E-state index contributed by atoms with van der Waals surface area (Å²) in [5.74, 6) is -1.09. The molecule has 0 fully saturated rings. The van der Waals surface area contributed by atoms with E-state index in [4.69, 9.17) is 10.8 Å². The third kappa shape index (κ3) is 9.10. The quantitative estimate of drug-likeness (QED) is 0.662. The predicted octanol–water partition coefficient (Wildman–Crippen LogP) is 0.794. The standard InChI is InChI=1S/C6H11NO3.C2H6/c1-4(8)2-3-5(7)6(9)10;1-2/h5H,2-3,7H2,1H3,(H,9,10);1-2H3. The maximum absolute atomic E-state index is 10.3. The number of carboxylic acids is 1. The highest BCUT2D eigenvalue weighted by molar-refractivity contribution is 5.77. The molecule has 0 rings (SSSR count). The molecule has 3 N–H and O–H groups in total. The summed E-state index contributed by atoms with van der Waals surface area (Å²) in [7, 11) is 0. The first-order chi connectivity index (χ1) is 5.54. The van der Waals surface area contributed by atoms with E-state index >= 15 is 0 Å². The zero-order valence-corrected chi connectivity index (χ0v) is 7.83. The van der Waals surface area contributed by atoms with Crippen LogP contribution in [0.5, 0.6) is 0 Å². The van der Waals surface area contributed by atoms with Crippen LogP contribution < -0.4 is 5.73 Å². The average molecular weight is 175 g/mol. The minimum Gasteiger partial charge on any atom is -0.480 e. The zero-order chi connectivity index (χ0) is 10.1. The van der Waals surface area contributed by atoms with Gasteiger partial charge in [0.05, 0.1) is 0 Å². The lowest BCUT2D eigenvalue weighted by Gasteiger charge is -2.02. The number of hydrogen-bond acceptors (Lipinski definition) is 3. The Kier molecular flexibility index (Phi) is 9.34. The van der Waals surface area contributed by atoms with Gasteiger partial charge in [-0.05, 0) is 13.3 Å². The molecule has 0 aliphatic carbocycles. The van der Waals surface area contributed by atoms with Gasteiger partial charge < -0.3 is 15.6 Å². The number of nitrogens with two attached hydrogens (primary N) is 1. The monoisotopic (exact) mass is 175 g/mol. The Labute approximate surface area is 72.8 Å². The summed E-state index contributed by atoms with van der Waals surface area (Å²) in [5, 5.41) is 8.26. The van der Waals surface area contributed by atoms with E-state index in [1.54, 1.807) is 0 Å². The molecule has 0 aliphatic heterocycles. The van der Waals surface area contributed by atoms with Crippen LogP contribution in [0, 0.1) is 0 Å². The second kappa shape index (κ2) is 8.20. The number of carbonyl (C=O) groups excluding carboxylic acids is 1. The summed E-state index contributed by atoms with van der Waals surface area (Å²) in [6, 6.07) is -0.899. The summed E-state index contributed by atoms with van der Waals surface area (Å²) in [6.07, 6.45) is 0.470. The number of ketones is 1. The molecular formula is C8H17NO3. The third-order valence-electron chi connectivity index (χ3n) is 1.12. The van der Waals surface area contributed by atoms with Gasteiger partial charge in [0.2, 0.25) is 0 Å². The molecule has 0 spiro atoms. The molecule has 0 amide bonds. The molecule has 0 heterocycles. The van der Waals surface area contributed by atoms with Crippen molar-refractivity contribution in [3.05, 3.63) is 0 Å². The molecule has 0 saturated heterocycles. The van der Waals surface area contributed by atoms with Crippen molar-refractivity contribution in [2.45, 2.75) is 39.7 Å². The van der Waals surface area contributed by atoms with Crippen molar-refractivity contribution >= 4 is 11.8 Å². The lowest BCUT2D eigenvalue weighted by Crippen LogP contribution is -2.30. The van der Waals surface area contributed by atoms with E-state index < -0.39 is 12.0 Å². The highest BCUT2D eigenvalue weighted by Crippen LogP contribution is 1.94. The van der Waals surface area contributed by atoms with E-state index in [1.807, 2.05) is 13.8 Å². The Bertz CT molecular complexity index is 145. The number of carbonyl (C=O) groups is 2. The SMILES string of the molecule is CC.CC(=O)CCC(N)C(=O)O. The first-order valence-corrected chi connectivity index (χ1v) is 4.02. The topological polar surface area (TPSA) is 80.4 Å². The molecule has 1 unspecified atom stereocenters. The van der Waals surface area contributed by atoms with Crippen molar-refractivity contribution in [3.63, 3.8) is 0 Å². The Balaban J connectivity index is 0. The molecule has 4 heteroatoms. The summed E-state index contributed by atoms with van der Waals surface area (Å²) in [4.78, 5) is 20.4. The molecular weight excluding hydrogens is 158 g/mol. The van der Waals surface area contributed by atoms with Crippen LogP contribution in [0.25, 0.3) is 0 Å². The van der Waals surface area contributed by atoms with E-state index in [2.05, 4.69) is 0 Å². The summed E-state index contributed by atoms with van der Waals surface area (Å²) in [6.45, 7) is 5.41. The lowest BCUT2D eigenvalue weighted by molar-refractivity contribution is -0.138. The number of aliphatic carboxylic acids is 1. The zero-order valence-electron chi connectivity index (χ0n) is 7.83. The highest BCUT2D eigenvalue weighted by atomic mass is 16.4. The number of carboxylic acid groups (broad SMARTS) is 1.